The van der Waals surface area contributed by atoms with Crippen LogP contribution in [-0.4, -0.2) is 49.7 Å². The molecule has 1 N–H and O–H groups in total. The predicted octanol–water partition coefficient (Wildman–Crippen LogP) is 1.50. The van der Waals surface area contributed by atoms with Crippen molar-refractivity contribution in [2.75, 3.05) is 17.3 Å². The van der Waals surface area contributed by atoms with E-state index in [1.54, 1.807) is 0 Å². The van der Waals surface area contributed by atoms with Gasteiger partial charge in [0.15, 0.2) is 15.9 Å². The van der Waals surface area contributed by atoms with Crippen molar-refractivity contribution in [3.8, 4) is 0 Å². The van der Waals surface area contributed by atoms with E-state index in [-0.39, 0.29) is 17.3 Å². The minimum atomic E-state index is -3.06. The highest BCUT2D eigenvalue weighted by molar-refractivity contribution is 8.00. The van der Waals surface area contributed by atoms with Crippen molar-refractivity contribution in [2.24, 2.45) is 0 Å². The second-order valence-electron chi connectivity index (χ2n) is 6.81. The molecule has 1 amide bonds. The SMILES string of the molecule is C[C@@H](OC(=O)CSc1ccc2c(c1)CCC2)C(=O)N[C@@H]1CCS(=O)(=O)C1. The molecule has 1 aliphatic carbocycles. The van der Waals surface area contributed by atoms with Gasteiger partial charge in [-0.15, -0.1) is 11.8 Å². The number of ether oxygens (including phenoxy) is 1. The lowest BCUT2D eigenvalue weighted by Gasteiger charge is -2.16. The number of carbonyl (C=O) groups excluding carboxylic acids is 2. The molecular weight excluding hydrogens is 374 g/mol. The number of sulfone groups is 1. The number of esters is 1. The van der Waals surface area contributed by atoms with Gasteiger partial charge in [0.1, 0.15) is 0 Å². The van der Waals surface area contributed by atoms with Gasteiger partial charge in [0.05, 0.1) is 17.3 Å². The van der Waals surface area contributed by atoms with E-state index in [1.165, 1.54) is 36.2 Å². The van der Waals surface area contributed by atoms with E-state index in [0.29, 0.717) is 6.42 Å². The molecule has 1 aliphatic heterocycles. The molecule has 0 aromatic heterocycles. The zero-order chi connectivity index (χ0) is 18.7. The van der Waals surface area contributed by atoms with Crippen molar-refractivity contribution in [2.45, 2.75) is 49.6 Å². The molecule has 1 aromatic rings. The number of hydrogen-bond acceptors (Lipinski definition) is 6. The van der Waals surface area contributed by atoms with E-state index in [9.17, 15) is 18.0 Å². The first kappa shape index (κ1) is 19.2. The van der Waals surface area contributed by atoms with Crippen LogP contribution in [0, 0.1) is 0 Å². The van der Waals surface area contributed by atoms with Gasteiger partial charge in [0.25, 0.3) is 5.91 Å². The molecule has 142 valence electrons. The Labute approximate surface area is 158 Å². The van der Waals surface area contributed by atoms with Crippen molar-refractivity contribution in [1.82, 2.24) is 5.32 Å². The molecule has 0 saturated carbocycles. The first-order valence-electron chi connectivity index (χ1n) is 8.77. The number of rotatable bonds is 6. The molecule has 3 rings (SSSR count). The first-order chi connectivity index (χ1) is 12.3. The maximum absolute atomic E-state index is 12.1. The third-order valence-corrected chi connectivity index (χ3v) is 7.42. The number of thioether (sulfide) groups is 1. The van der Waals surface area contributed by atoms with Crippen molar-refractivity contribution in [1.29, 1.82) is 0 Å². The third-order valence-electron chi connectivity index (χ3n) is 4.68. The first-order valence-corrected chi connectivity index (χ1v) is 11.6. The third kappa shape index (κ3) is 5.01. The highest BCUT2D eigenvalue weighted by Gasteiger charge is 2.30. The molecule has 2 aliphatic rings. The smallest absolute Gasteiger partial charge is 0.317 e. The quantitative estimate of drug-likeness (QED) is 0.578. The Morgan fingerprint density at radius 1 is 1.31 bits per heavy atom. The minimum absolute atomic E-state index is 0.0480. The molecule has 1 aromatic carbocycles. The molecular formula is C18H23NO5S2. The Bertz CT molecular complexity index is 806. The summed E-state index contributed by atoms with van der Waals surface area (Å²) in [5.41, 5.74) is 2.73. The summed E-state index contributed by atoms with van der Waals surface area (Å²) < 4.78 is 28.0. The highest BCUT2D eigenvalue weighted by atomic mass is 32.2. The fraction of sp³-hybridized carbons (Fsp3) is 0.556. The summed E-state index contributed by atoms with van der Waals surface area (Å²) in [7, 11) is -3.06. The zero-order valence-corrected chi connectivity index (χ0v) is 16.3. The van der Waals surface area contributed by atoms with E-state index in [2.05, 4.69) is 17.4 Å². The standard InChI is InChI=1S/C18H23NO5S2/c1-12(18(21)19-15-7-8-26(22,23)11-15)24-17(20)10-25-16-6-5-13-3-2-4-14(13)9-16/h5-6,9,12,15H,2-4,7-8,10-11H2,1H3,(H,19,21)/t12-,15-/m1/s1. The van der Waals surface area contributed by atoms with Crippen LogP contribution in [0.5, 0.6) is 0 Å². The van der Waals surface area contributed by atoms with E-state index >= 15 is 0 Å². The second-order valence-corrected chi connectivity index (χ2v) is 10.1. The molecule has 26 heavy (non-hydrogen) atoms. The molecule has 2 atom stereocenters. The number of nitrogens with one attached hydrogen (secondary N) is 1. The van der Waals surface area contributed by atoms with Gasteiger partial charge in [-0.1, -0.05) is 6.07 Å². The second kappa shape index (κ2) is 8.00. The van der Waals surface area contributed by atoms with Crippen LogP contribution in [0.1, 0.15) is 30.9 Å². The minimum Gasteiger partial charge on any atom is -0.452 e. The Balaban J connectivity index is 1.43. The fourth-order valence-electron chi connectivity index (χ4n) is 3.29. The number of carbonyl (C=O) groups is 2. The zero-order valence-electron chi connectivity index (χ0n) is 14.7. The average Bonchev–Trinajstić information content (AvgIpc) is 3.18. The fourth-order valence-corrected chi connectivity index (χ4v) is 5.71. The monoisotopic (exact) mass is 397 g/mol. The Kier molecular flexibility index (Phi) is 5.92. The molecule has 6 nitrogen and oxygen atoms in total. The topological polar surface area (TPSA) is 89.5 Å². The van der Waals surface area contributed by atoms with Gasteiger partial charge < -0.3 is 10.1 Å². The molecule has 1 fully saturated rings. The predicted molar refractivity (Wildman–Crippen MR) is 99.9 cm³/mol. The van der Waals surface area contributed by atoms with Crippen LogP contribution in [0.4, 0.5) is 0 Å². The number of aryl methyl sites for hydroxylation is 2. The van der Waals surface area contributed by atoms with Crippen molar-refractivity contribution < 1.29 is 22.7 Å². The molecule has 0 unspecified atom stereocenters. The Morgan fingerprint density at radius 3 is 2.81 bits per heavy atom. The van der Waals surface area contributed by atoms with Gasteiger partial charge >= 0.3 is 5.97 Å². The van der Waals surface area contributed by atoms with Crippen LogP contribution in [0.25, 0.3) is 0 Å². The van der Waals surface area contributed by atoms with Gasteiger partial charge in [0, 0.05) is 10.9 Å². The van der Waals surface area contributed by atoms with E-state index < -0.39 is 33.9 Å². The summed E-state index contributed by atoms with van der Waals surface area (Å²) in [6.45, 7) is 1.50. The molecule has 8 heteroatoms. The maximum Gasteiger partial charge on any atom is 0.317 e. The Morgan fingerprint density at radius 2 is 2.08 bits per heavy atom. The number of benzene rings is 1. The van der Waals surface area contributed by atoms with Crippen LogP contribution >= 0.6 is 11.8 Å². The number of fused-ring (bicyclic) bond motifs is 1. The molecule has 0 radical (unpaired) electrons. The van der Waals surface area contributed by atoms with Crippen molar-refractivity contribution >= 4 is 33.5 Å². The summed E-state index contributed by atoms with van der Waals surface area (Å²) in [5, 5.41) is 2.64. The van der Waals surface area contributed by atoms with Crippen LogP contribution < -0.4 is 5.32 Å². The van der Waals surface area contributed by atoms with Crippen LogP contribution in [0.15, 0.2) is 23.1 Å². The van der Waals surface area contributed by atoms with Gasteiger partial charge in [-0.2, -0.15) is 0 Å². The lowest BCUT2D eigenvalue weighted by molar-refractivity contribution is -0.152. The molecule has 0 bridgehead atoms. The van der Waals surface area contributed by atoms with Crippen LogP contribution in [-0.2, 0) is 37.0 Å². The summed E-state index contributed by atoms with van der Waals surface area (Å²) >= 11 is 1.40. The molecule has 1 heterocycles. The summed E-state index contributed by atoms with van der Waals surface area (Å²) in [6, 6.07) is 5.85. The van der Waals surface area contributed by atoms with E-state index in [0.717, 1.165) is 17.7 Å². The number of amides is 1. The van der Waals surface area contributed by atoms with Gasteiger partial charge in [-0.3, -0.25) is 9.59 Å². The normalized spacial score (nSPS) is 21.8. The lowest BCUT2D eigenvalue weighted by Crippen LogP contribution is -2.42. The Hall–Kier alpha value is -1.54. The van der Waals surface area contributed by atoms with E-state index in [4.69, 9.17) is 4.74 Å². The molecule has 1 saturated heterocycles. The van der Waals surface area contributed by atoms with Crippen molar-refractivity contribution in [3.63, 3.8) is 0 Å². The van der Waals surface area contributed by atoms with Crippen LogP contribution in [0.3, 0.4) is 0 Å². The van der Waals surface area contributed by atoms with Gasteiger partial charge in [-0.05, 0) is 55.9 Å². The van der Waals surface area contributed by atoms with E-state index in [1.807, 2.05) is 6.07 Å². The maximum atomic E-state index is 12.1. The summed E-state index contributed by atoms with van der Waals surface area (Å²) in [5.74, 6) is -0.745. The number of hydrogen-bond donors (Lipinski definition) is 1. The van der Waals surface area contributed by atoms with Gasteiger partial charge in [0.2, 0.25) is 0 Å². The lowest BCUT2D eigenvalue weighted by atomic mass is 10.1. The van der Waals surface area contributed by atoms with Crippen molar-refractivity contribution in [3.05, 3.63) is 29.3 Å². The average molecular weight is 398 g/mol. The summed E-state index contributed by atoms with van der Waals surface area (Å²) in [6.07, 6.45) is 2.86. The van der Waals surface area contributed by atoms with Gasteiger partial charge in [-0.25, -0.2) is 8.42 Å². The highest BCUT2D eigenvalue weighted by Crippen LogP contribution is 2.27. The molecule has 0 spiro atoms. The summed E-state index contributed by atoms with van der Waals surface area (Å²) in [4.78, 5) is 25.1. The largest absolute Gasteiger partial charge is 0.452 e. The van der Waals surface area contributed by atoms with Crippen LogP contribution in [0.2, 0.25) is 0 Å².